The summed E-state index contributed by atoms with van der Waals surface area (Å²) in [6, 6.07) is 39.1. The van der Waals surface area contributed by atoms with E-state index in [-0.39, 0.29) is 5.41 Å². The lowest BCUT2D eigenvalue weighted by molar-refractivity contribution is 0.657. The summed E-state index contributed by atoms with van der Waals surface area (Å²) in [6.45, 7) is 4.75. The van der Waals surface area contributed by atoms with Crippen molar-refractivity contribution in [3.8, 4) is 11.1 Å². The van der Waals surface area contributed by atoms with Gasteiger partial charge in [0, 0.05) is 11.3 Å². The molecule has 0 bridgehead atoms. The molecule has 2 aliphatic rings. The minimum atomic E-state index is 0.0281. The van der Waals surface area contributed by atoms with Crippen LogP contribution in [-0.4, -0.2) is 0 Å². The summed E-state index contributed by atoms with van der Waals surface area (Å²) >= 11 is 0. The van der Waals surface area contributed by atoms with Gasteiger partial charge in [-0.05, 0) is 114 Å². The molecule has 0 saturated heterocycles. The number of rotatable bonds is 1. The van der Waals surface area contributed by atoms with E-state index in [0.29, 0.717) is 5.92 Å². The quantitative estimate of drug-likeness (QED) is 0.209. The summed E-state index contributed by atoms with van der Waals surface area (Å²) in [7, 11) is 0. The summed E-state index contributed by atoms with van der Waals surface area (Å²) in [4.78, 5) is 0. The first-order valence-corrected chi connectivity index (χ1v) is 13.4. The standard InChI is InChI=1S/C37H28/c1-37(2)35-13-6-5-11-32(35)33-15-14-26(22-36(33)37)31-12-7-10-25-18-29-19-27-16-23-8-3-4-9-24(23)17-28(27)20-30(29)21-34(25)31/h3-11,13-22,31H,12H2,1-2H3. The van der Waals surface area contributed by atoms with Crippen LogP contribution in [0.2, 0.25) is 0 Å². The molecule has 1 unspecified atom stereocenters. The van der Waals surface area contributed by atoms with Crippen LogP contribution < -0.4 is 0 Å². The molecule has 6 aromatic rings. The third-order valence-electron chi connectivity index (χ3n) is 8.92. The lowest BCUT2D eigenvalue weighted by Crippen LogP contribution is -2.16. The zero-order valence-corrected chi connectivity index (χ0v) is 21.3. The molecule has 0 spiro atoms. The highest BCUT2D eigenvalue weighted by molar-refractivity contribution is 6.05. The van der Waals surface area contributed by atoms with Crippen LogP contribution in [0.15, 0.2) is 109 Å². The van der Waals surface area contributed by atoms with Crippen LogP contribution in [0.4, 0.5) is 0 Å². The van der Waals surface area contributed by atoms with E-state index in [2.05, 4.69) is 129 Å². The first-order valence-electron chi connectivity index (χ1n) is 13.4. The van der Waals surface area contributed by atoms with Gasteiger partial charge in [-0.25, -0.2) is 0 Å². The fraction of sp³-hybridized carbons (Fsp3) is 0.135. The van der Waals surface area contributed by atoms with E-state index >= 15 is 0 Å². The summed E-state index contributed by atoms with van der Waals surface area (Å²) in [5.41, 5.74) is 9.95. The summed E-state index contributed by atoms with van der Waals surface area (Å²) in [5, 5.41) is 7.87. The Kier molecular flexibility index (Phi) is 4.21. The van der Waals surface area contributed by atoms with Gasteiger partial charge in [0.2, 0.25) is 0 Å². The number of hydrogen-bond donors (Lipinski definition) is 0. The van der Waals surface area contributed by atoms with E-state index in [1.165, 1.54) is 71.3 Å². The van der Waals surface area contributed by atoms with E-state index in [9.17, 15) is 0 Å². The molecule has 6 aromatic carbocycles. The Morgan fingerprint density at radius 3 is 1.97 bits per heavy atom. The summed E-state index contributed by atoms with van der Waals surface area (Å²) in [6.07, 6.45) is 5.73. The van der Waals surface area contributed by atoms with Crippen LogP contribution in [0.5, 0.6) is 0 Å². The SMILES string of the molecule is CC1(C)c2ccccc2-c2ccc(C3CC=Cc4cc5cc6cc7ccccc7cc6cc5cc43)cc21. The predicted octanol–water partition coefficient (Wildman–Crippen LogP) is 10.0. The molecular weight excluding hydrogens is 444 g/mol. The normalized spacial score (nSPS) is 17.2. The van der Waals surface area contributed by atoms with Crippen molar-refractivity contribution in [1.82, 2.24) is 0 Å². The number of hydrogen-bond acceptors (Lipinski definition) is 0. The second kappa shape index (κ2) is 7.43. The maximum Gasteiger partial charge on any atom is 0.0158 e. The molecule has 0 nitrogen and oxygen atoms in total. The second-order valence-electron chi connectivity index (χ2n) is 11.4. The van der Waals surface area contributed by atoms with Gasteiger partial charge in [0.15, 0.2) is 0 Å². The Balaban J connectivity index is 1.28. The number of benzene rings is 6. The van der Waals surface area contributed by atoms with Crippen molar-refractivity contribution < 1.29 is 0 Å². The van der Waals surface area contributed by atoms with Gasteiger partial charge >= 0.3 is 0 Å². The second-order valence-corrected chi connectivity index (χ2v) is 11.4. The van der Waals surface area contributed by atoms with Crippen LogP contribution in [0.1, 0.15) is 54.0 Å². The summed E-state index contributed by atoms with van der Waals surface area (Å²) < 4.78 is 0. The highest BCUT2D eigenvalue weighted by atomic mass is 14.4. The maximum atomic E-state index is 2.50. The molecule has 1 atom stereocenters. The highest BCUT2D eigenvalue weighted by Crippen LogP contribution is 2.50. The fourth-order valence-corrected chi connectivity index (χ4v) is 6.94. The summed E-state index contributed by atoms with van der Waals surface area (Å²) in [5.74, 6) is 0.376. The molecular formula is C37H28. The average molecular weight is 473 g/mol. The Labute approximate surface area is 217 Å². The van der Waals surface area contributed by atoms with E-state index in [1.807, 2.05) is 0 Å². The van der Waals surface area contributed by atoms with Crippen molar-refractivity contribution >= 4 is 38.4 Å². The van der Waals surface area contributed by atoms with E-state index in [4.69, 9.17) is 0 Å². The maximum absolute atomic E-state index is 2.50. The van der Waals surface area contributed by atoms with Gasteiger partial charge in [-0.3, -0.25) is 0 Å². The molecule has 0 fully saturated rings. The minimum absolute atomic E-state index is 0.0281. The van der Waals surface area contributed by atoms with Crippen LogP contribution in [0, 0.1) is 0 Å². The third kappa shape index (κ3) is 3.02. The van der Waals surface area contributed by atoms with Crippen molar-refractivity contribution in [3.63, 3.8) is 0 Å². The van der Waals surface area contributed by atoms with Crippen molar-refractivity contribution in [2.75, 3.05) is 0 Å². The largest absolute Gasteiger partial charge is 0.0830 e. The van der Waals surface area contributed by atoms with Crippen LogP contribution >= 0.6 is 0 Å². The van der Waals surface area contributed by atoms with E-state index < -0.39 is 0 Å². The molecule has 0 heteroatoms. The van der Waals surface area contributed by atoms with Crippen molar-refractivity contribution in [2.45, 2.75) is 31.6 Å². The van der Waals surface area contributed by atoms with Crippen LogP contribution in [-0.2, 0) is 5.41 Å². The zero-order chi connectivity index (χ0) is 24.7. The molecule has 0 heterocycles. The average Bonchev–Trinajstić information content (AvgIpc) is 3.15. The molecule has 0 radical (unpaired) electrons. The van der Waals surface area contributed by atoms with Gasteiger partial charge in [-0.1, -0.05) is 92.7 Å². The molecule has 8 rings (SSSR count). The van der Waals surface area contributed by atoms with Gasteiger partial charge in [-0.2, -0.15) is 0 Å². The van der Waals surface area contributed by atoms with Crippen molar-refractivity contribution in [1.29, 1.82) is 0 Å². The Morgan fingerprint density at radius 2 is 1.19 bits per heavy atom. The van der Waals surface area contributed by atoms with E-state index in [1.54, 1.807) is 0 Å². The van der Waals surface area contributed by atoms with Gasteiger partial charge in [0.05, 0.1) is 0 Å². The van der Waals surface area contributed by atoms with E-state index in [0.717, 1.165) is 6.42 Å². The van der Waals surface area contributed by atoms with Crippen molar-refractivity contribution in [2.24, 2.45) is 0 Å². The smallest absolute Gasteiger partial charge is 0.0158 e. The fourth-order valence-electron chi connectivity index (χ4n) is 6.94. The molecule has 0 amide bonds. The molecule has 0 aliphatic heterocycles. The topological polar surface area (TPSA) is 0 Å². The van der Waals surface area contributed by atoms with Gasteiger partial charge in [-0.15, -0.1) is 0 Å². The molecule has 176 valence electrons. The predicted molar refractivity (Wildman–Crippen MR) is 158 cm³/mol. The molecule has 0 N–H and O–H groups in total. The van der Waals surface area contributed by atoms with Crippen LogP contribution in [0.25, 0.3) is 49.5 Å². The lowest BCUT2D eigenvalue weighted by atomic mass is 9.77. The molecule has 37 heavy (non-hydrogen) atoms. The minimum Gasteiger partial charge on any atom is -0.0830 e. The Morgan fingerprint density at radius 1 is 0.568 bits per heavy atom. The number of fused-ring (bicyclic) bond motifs is 7. The van der Waals surface area contributed by atoms with Gasteiger partial charge < -0.3 is 0 Å². The Hall–Kier alpha value is -4.16. The van der Waals surface area contributed by atoms with Gasteiger partial charge in [0.25, 0.3) is 0 Å². The van der Waals surface area contributed by atoms with Crippen molar-refractivity contribution in [3.05, 3.63) is 137 Å². The Bertz CT molecular complexity index is 1930. The zero-order valence-electron chi connectivity index (χ0n) is 21.3. The van der Waals surface area contributed by atoms with Crippen LogP contribution in [0.3, 0.4) is 0 Å². The molecule has 0 aromatic heterocycles. The van der Waals surface area contributed by atoms with Gasteiger partial charge in [0.1, 0.15) is 0 Å². The first-order chi connectivity index (χ1) is 18.1. The first kappa shape index (κ1) is 21.0. The highest BCUT2D eigenvalue weighted by Gasteiger charge is 2.35. The molecule has 2 aliphatic carbocycles. The third-order valence-corrected chi connectivity index (χ3v) is 8.92. The monoisotopic (exact) mass is 472 g/mol. The lowest BCUT2D eigenvalue weighted by Gasteiger charge is -2.26. The molecule has 0 saturated carbocycles. The number of allylic oxidation sites excluding steroid dienone is 1.